The second-order valence-electron chi connectivity index (χ2n) is 8.29. The van der Waals surface area contributed by atoms with E-state index in [-0.39, 0.29) is 5.57 Å². The fourth-order valence-corrected chi connectivity index (χ4v) is 4.75. The molecule has 0 saturated heterocycles. The zero-order valence-electron chi connectivity index (χ0n) is 17.8. The summed E-state index contributed by atoms with van der Waals surface area (Å²) in [6.07, 6.45) is 12.2. The summed E-state index contributed by atoms with van der Waals surface area (Å²) in [5.41, 5.74) is 7.04. The van der Waals surface area contributed by atoms with Gasteiger partial charge in [0.15, 0.2) is 0 Å². The molecule has 0 aromatic heterocycles. The largest absolute Gasteiger partial charge is 0.457 e. The molecule has 0 saturated carbocycles. The number of hydrogen-bond acceptors (Lipinski definition) is 4. The molecular formula is C28H23N3O. The van der Waals surface area contributed by atoms with Crippen molar-refractivity contribution in [2.24, 2.45) is 0 Å². The minimum atomic E-state index is 0.0749. The van der Waals surface area contributed by atoms with E-state index in [1.54, 1.807) is 12.2 Å². The Morgan fingerprint density at radius 2 is 1.59 bits per heavy atom. The van der Waals surface area contributed by atoms with Gasteiger partial charge in [-0.3, -0.25) is 0 Å². The summed E-state index contributed by atoms with van der Waals surface area (Å²) in [6.45, 7) is 2.33. The zero-order chi connectivity index (χ0) is 21.9. The van der Waals surface area contributed by atoms with Crippen molar-refractivity contribution in [3.8, 4) is 12.1 Å². The van der Waals surface area contributed by atoms with E-state index in [1.165, 1.54) is 42.7 Å². The summed E-state index contributed by atoms with van der Waals surface area (Å²) in [6, 6.07) is 18.3. The summed E-state index contributed by atoms with van der Waals surface area (Å²) in [4.78, 5) is 2.54. The first-order valence-electron chi connectivity index (χ1n) is 11.0. The summed E-state index contributed by atoms with van der Waals surface area (Å²) in [7, 11) is 0. The van der Waals surface area contributed by atoms with E-state index < -0.39 is 0 Å². The highest BCUT2D eigenvalue weighted by atomic mass is 16.5. The van der Waals surface area contributed by atoms with Gasteiger partial charge in [0, 0.05) is 29.9 Å². The van der Waals surface area contributed by atoms with Crippen molar-refractivity contribution in [2.75, 3.05) is 18.0 Å². The van der Waals surface area contributed by atoms with E-state index in [4.69, 9.17) is 4.74 Å². The first-order valence-corrected chi connectivity index (χ1v) is 11.0. The van der Waals surface area contributed by atoms with Gasteiger partial charge >= 0.3 is 0 Å². The third-order valence-corrected chi connectivity index (χ3v) is 6.18. The van der Waals surface area contributed by atoms with E-state index in [0.717, 1.165) is 24.0 Å². The van der Waals surface area contributed by atoms with Crippen LogP contribution in [0.5, 0.6) is 0 Å². The van der Waals surface area contributed by atoms with Gasteiger partial charge in [-0.15, -0.1) is 0 Å². The monoisotopic (exact) mass is 417 g/mol. The quantitative estimate of drug-likeness (QED) is 0.601. The SMILES string of the molecule is N#CC(C#N)=C1C=C(C=Cc2cc3c4c(c2)CCCN4CCC3)OC(c2ccccc2)=C1. The summed E-state index contributed by atoms with van der Waals surface area (Å²) >= 11 is 0. The number of hydrogen-bond donors (Lipinski definition) is 0. The van der Waals surface area contributed by atoms with Crippen LogP contribution < -0.4 is 4.90 Å². The third kappa shape index (κ3) is 3.84. The van der Waals surface area contributed by atoms with Gasteiger partial charge in [-0.05, 0) is 72.7 Å². The number of nitrogens with zero attached hydrogens (tertiary/aromatic N) is 3. The predicted molar refractivity (Wildman–Crippen MR) is 126 cm³/mol. The maximum absolute atomic E-state index is 9.37. The van der Waals surface area contributed by atoms with Crippen LogP contribution in [0.25, 0.3) is 11.8 Å². The van der Waals surface area contributed by atoms with E-state index in [2.05, 4.69) is 23.1 Å². The molecule has 0 fully saturated rings. The number of benzene rings is 2. The Bertz CT molecular complexity index is 1220. The van der Waals surface area contributed by atoms with Gasteiger partial charge in [-0.2, -0.15) is 10.5 Å². The number of rotatable bonds is 3. The van der Waals surface area contributed by atoms with Crippen LogP contribution in [0, 0.1) is 22.7 Å². The number of allylic oxidation sites excluding steroid dienone is 5. The molecule has 3 heterocycles. The predicted octanol–water partition coefficient (Wildman–Crippen LogP) is 5.70. The van der Waals surface area contributed by atoms with Gasteiger partial charge in [-0.1, -0.05) is 36.4 Å². The van der Waals surface area contributed by atoms with Crippen LogP contribution >= 0.6 is 0 Å². The van der Waals surface area contributed by atoms with Crippen molar-refractivity contribution in [1.82, 2.24) is 0 Å². The van der Waals surface area contributed by atoms with Crippen molar-refractivity contribution in [3.63, 3.8) is 0 Å². The fraction of sp³-hybridized carbons (Fsp3) is 0.214. The number of ether oxygens (including phenoxy) is 1. The van der Waals surface area contributed by atoms with Crippen molar-refractivity contribution >= 4 is 17.5 Å². The summed E-state index contributed by atoms with van der Waals surface area (Å²) in [5, 5.41) is 18.7. The van der Waals surface area contributed by atoms with Crippen molar-refractivity contribution < 1.29 is 4.74 Å². The molecule has 0 bridgehead atoms. The smallest absolute Gasteiger partial charge is 0.137 e. The lowest BCUT2D eigenvalue weighted by Crippen LogP contribution is -2.34. The second kappa shape index (κ2) is 8.61. The Morgan fingerprint density at radius 1 is 0.906 bits per heavy atom. The molecule has 0 radical (unpaired) electrons. The van der Waals surface area contributed by atoms with Crippen LogP contribution in [0.4, 0.5) is 5.69 Å². The van der Waals surface area contributed by atoms with E-state index in [9.17, 15) is 10.5 Å². The lowest BCUT2D eigenvalue weighted by Gasteiger charge is -2.37. The van der Waals surface area contributed by atoms with Gasteiger partial charge in [0.25, 0.3) is 0 Å². The average molecular weight is 418 g/mol. The highest BCUT2D eigenvalue weighted by molar-refractivity contribution is 5.72. The minimum Gasteiger partial charge on any atom is -0.457 e. The average Bonchev–Trinajstić information content (AvgIpc) is 2.84. The number of anilines is 1. The molecule has 3 aliphatic heterocycles. The number of aryl methyl sites for hydroxylation is 2. The molecule has 0 amide bonds. The maximum Gasteiger partial charge on any atom is 0.137 e. The van der Waals surface area contributed by atoms with E-state index >= 15 is 0 Å². The Kier molecular flexibility index (Phi) is 5.36. The van der Waals surface area contributed by atoms with Gasteiger partial charge in [0.05, 0.1) is 0 Å². The lowest BCUT2D eigenvalue weighted by molar-refractivity contribution is 0.396. The molecule has 2 aromatic carbocycles. The topological polar surface area (TPSA) is 60.0 Å². The van der Waals surface area contributed by atoms with Crippen LogP contribution in [0.1, 0.15) is 35.1 Å². The lowest BCUT2D eigenvalue weighted by atomic mass is 9.90. The Morgan fingerprint density at radius 3 is 2.25 bits per heavy atom. The molecule has 0 aliphatic carbocycles. The van der Waals surface area contributed by atoms with Gasteiger partial charge in [-0.25, -0.2) is 0 Å². The van der Waals surface area contributed by atoms with Crippen molar-refractivity contribution in [3.05, 3.63) is 99.9 Å². The van der Waals surface area contributed by atoms with Gasteiger partial charge < -0.3 is 9.64 Å². The van der Waals surface area contributed by atoms with E-state index in [0.29, 0.717) is 17.1 Å². The molecule has 4 nitrogen and oxygen atoms in total. The summed E-state index contributed by atoms with van der Waals surface area (Å²) in [5.74, 6) is 1.24. The fourth-order valence-electron chi connectivity index (χ4n) is 4.75. The van der Waals surface area contributed by atoms with Crippen LogP contribution in [0.3, 0.4) is 0 Å². The zero-order valence-corrected chi connectivity index (χ0v) is 17.8. The van der Waals surface area contributed by atoms with Crippen LogP contribution in [0.2, 0.25) is 0 Å². The Hall–Kier alpha value is -4.02. The first-order chi connectivity index (χ1) is 15.7. The van der Waals surface area contributed by atoms with Gasteiger partial charge in [0.2, 0.25) is 0 Å². The highest BCUT2D eigenvalue weighted by Gasteiger charge is 2.24. The second-order valence-corrected chi connectivity index (χ2v) is 8.29. The molecule has 0 spiro atoms. The highest BCUT2D eigenvalue weighted by Crippen LogP contribution is 2.36. The standard InChI is InChI=1S/C28H23N3O/c29-18-25(19-30)24-16-26(32-27(17-24)21-6-2-1-3-7-21)11-10-20-14-22-8-4-12-31-13-5-9-23(15-20)28(22)31/h1-3,6-7,10-11,14-17H,4-5,8-9,12-13H2. The molecular weight excluding hydrogens is 394 g/mol. The molecule has 32 heavy (non-hydrogen) atoms. The molecule has 0 N–H and O–H groups in total. The van der Waals surface area contributed by atoms with Crippen molar-refractivity contribution in [2.45, 2.75) is 25.7 Å². The van der Waals surface area contributed by atoms with E-state index in [1.807, 2.05) is 48.5 Å². The van der Waals surface area contributed by atoms with Crippen LogP contribution in [-0.2, 0) is 17.6 Å². The molecule has 5 rings (SSSR count). The van der Waals surface area contributed by atoms with Crippen LogP contribution in [-0.4, -0.2) is 13.1 Å². The summed E-state index contributed by atoms with van der Waals surface area (Å²) < 4.78 is 6.14. The molecule has 156 valence electrons. The van der Waals surface area contributed by atoms with Crippen molar-refractivity contribution in [1.29, 1.82) is 10.5 Å². The third-order valence-electron chi connectivity index (χ3n) is 6.18. The molecule has 3 aliphatic rings. The maximum atomic E-state index is 9.37. The number of nitriles is 2. The van der Waals surface area contributed by atoms with Crippen LogP contribution in [0.15, 0.2) is 77.6 Å². The first kappa shape index (κ1) is 19.9. The minimum absolute atomic E-state index is 0.0749. The molecule has 2 aromatic rings. The molecule has 0 atom stereocenters. The molecule has 0 unspecified atom stereocenters. The Labute approximate surface area is 188 Å². The molecule has 4 heteroatoms. The normalized spacial score (nSPS) is 16.9. The van der Waals surface area contributed by atoms with Gasteiger partial charge in [0.1, 0.15) is 29.2 Å². The Balaban J connectivity index is 1.49.